The first-order valence-electron chi connectivity index (χ1n) is 4.98. The van der Waals surface area contributed by atoms with E-state index in [2.05, 4.69) is 0 Å². The summed E-state index contributed by atoms with van der Waals surface area (Å²) in [5.74, 6) is -2.79. The molecule has 0 aromatic heterocycles. The van der Waals surface area contributed by atoms with Crippen molar-refractivity contribution in [2.45, 2.75) is 6.92 Å². The number of benzene rings is 1. The van der Waals surface area contributed by atoms with E-state index in [4.69, 9.17) is 10.4 Å². The van der Waals surface area contributed by atoms with Gasteiger partial charge >= 0.3 is 5.97 Å². The zero-order valence-corrected chi connectivity index (χ0v) is 9.54. The first-order valence-corrected chi connectivity index (χ1v) is 4.98. The Bertz CT molecular complexity index is 491. The van der Waals surface area contributed by atoms with Gasteiger partial charge in [-0.15, -0.1) is 0 Å². The van der Waals surface area contributed by atoms with Crippen molar-refractivity contribution in [3.05, 3.63) is 29.8 Å². The van der Waals surface area contributed by atoms with Gasteiger partial charge in [0, 0.05) is 12.7 Å². The number of hydrogen-bond donors (Lipinski definition) is 1. The summed E-state index contributed by atoms with van der Waals surface area (Å²) in [5.41, 5.74) is 0.923. The van der Waals surface area contributed by atoms with Gasteiger partial charge in [-0.1, -0.05) is 6.07 Å². The van der Waals surface area contributed by atoms with Crippen LogP contribution in [0.4, 0.5) is 5.69 Å². The lowest BCUT2D eigenvalue weighted by molar-refractivity contribution is -0.145. The fraction of sp³-hybridized carbons (Fsp3) is 0.250. The molecule has 0 fully saturated rings. The molecule has 1 unspecified atom stereocenters. The van der Waals surface area contributed by atoms with E-state index in [1.807, 2.05) is 6.07 Å². The minimum absolute atomic E-state index is 0.421. The molecule has 88 valence electrons. The molecule has 0 aliphatic carbocycles. The molecule has 0 aliphatic rings. The van der Waals surface area contributed by atoms with E-state index in [0.29, 0.717) is 11.3 Å². The predicted molar refractivity (Wildman–Crippen MR) is 61.4 cm³/mol. The van der Waals surface area contributed by atoms with Gasteiger partial charge in [0.25, 0.3) is 0 Å². The molecule has 0 saturated carbocycles. The van der Waals surface area contributed by atoms with Crippen LogP contribution in [0.25, 0.3) is 0 Å². The van der Waals surface area contributed by atoms with Crippen LogP contribution in [0.3, 0.4) is 0 Å². The molecular weight excluding hydrogens is 220 g/mol. The zero-order valence-electron chi connectivity index (χ0n) is 9.54. The van der Waals surface area contributed by atoms with Crippen molar-refractivity contribution < 1.29 is 14.7 Å². The first-order chi connectivity index (χ1) is 7.97. The van der Waals surface area contributed by atoms with Gasteiger partial charge in [0.1, 0.15) is 5.92 Å². The van der Waals surface area contributed by atoms with Gasteiger partial charge in [0.15, 0.2) is 0 Å². The molecule has 0 saturated heterocycles. The maximum absolute atomic E-state index is 11.7. The van der Waals surface area contributed by atoms with E-state index in [0.717, 1.165) is 0 Å². The highest BCUT2D eigenvalue weighted by Crippen LogP contribution is 2.16. The van der Waals surface area contributed by atoms with Crippen molar-refractivity contribution in [2.75, 3.05) is 11.9 Å². The molecule has 1 N–H and O–H groups in total. The largest absolute Gasteiger partial charge is 0.481 e. The van der Waals surface area contributed by atoms with Crippen molar-refractivity contribution in [1.29, 1.82) is 5.26 Å². The van der Waals surface area contributed by atoms with Gasteiger partial charge in [0.2, 0.25) is 5.91 Å². The van der Waals surface area contributed by atoms with Crippen LogP contribution in [0.2, 0.25) is 0 Å². The van der Waals surface area contributed by atoms with Crippen molar-refractivity contribution in [3.63, 3.8) is 0 Å². The quantitative estimate of drug-likeness (QED) is 0.795. The molecule has 1 rings (SSSR count). The number of carboxylic acids is 1. The minimum Gasteiger partial charge on any atom is -0.481 e. The highest BCUT2D eigenvalue weighted by atomic mass is 16.4. The zero-order chi connectivity index (χ0) is 13.0. The summed E-state index contributed by atoms with van der Waals surface area (Å²) in [5, 5.41) is 17.5. The number of nitrogens with zero attached hydrogens (tertiary/aromatic N) is 2. The molecule has 5 heteroatoms. The second-order valence-corrected chi connectivity index (χ2v) is 3.62. The minimum atomic E-state index is -1.17. The second-order valence-electron chi connectivity index (χ2n) is 3.62. The second kappa shape index (κ2) is 5.12. The number of rotatable bonds is 3. The number of carbonyl (C=O) groups is 2. The number of amides is 1. The summed E-state index contributed by atoms with van der Waals surface area (Å²) in [4.78, 5) is 23.7. The fourth-order valence-electron chi connectivity index (χ4n) is 1.31. The van der Waals surface area contributed by atoms with Crippen LogP contribution in [0.15, 0.2) is 24.3 Å². The number of aliphatic carboxylic acids is 1. The SMILES string of the molecule is CC(C(=O)O)C(=O)N(C)c1cccc(C#N)c1. The maximum atomic E-state index is 11.7. The maximum Gasteiger partial charge on any atom is 0.315 e. The third-order valence-electron chi connectivity index (χ3n) is 2.43. The number of anilines is 1. The van der Waals surface area contributed by atoms with E-state index in [-0.39, 0.29) is 0 Å². The Kier molecular flexibility index (Phi) is 3.83. The number of carbonyl (C=O) groups excluding carboxylic acids is 1. The molecule has 0 heterocycles. The molecule has 1 aromatic rings. The van der Waals surface area contributed by atoms with Crippen molar-refractivity contribution in [1.82, 2.24) is 0 Å². The molecule has 0 bridgehead atoms. The van der Waals surface area contributed by atoms with Crippen LogP contribution in [-0.4, -0.2) is 24.0 Å². The Morgan fingerprint density at radius 1 is 1.47 bits per heavy atom. The van der Waals surface area contributed by atoms with Crippen LogP contribution in [0.1, 0.15) is 12.5 Å². The average molecular weight is 232 g/mol. The van der Waals surface area contributed by atoms with Gasteiger partial charge in [-0.25, -0.2) is 0 Å². The summed E-state index contributed by atoms with van der Waals surface area (Å²) in [6.07, 6.45) is 0. The Hall–Kier alpha value is -2.35. The first kappa shape index (κ1) is 12.7. The van der Waals surface area contributed by atoms with Crippen LogP contribution >= 0.6 is 0 Å². The lowest BCUT2D eigenvalue weighted by Gasteiger charge is -2.19. The monoisotopic (exact) mass is 232 g/mol. The van der Waals surface area contributed by atoms with E-state index in [1.54, 1.807) is 18.2 Å². The van der Waals surface area contributed by atoms with Crippen LogP contribution < -0.4 is 4.90 Å². The lowest BCUT2D eigenvalue weighted by Crippen LogP contribution is -2.35. The summed E-state index contributed by atoms with van der Waals surface area (Å²) in [7, 11) is 1.48. The standard InChI is InChI=1S/C12H12N2O3/c1-8(12(16)17)11(15)14(2)10-5-3-4-9(6-10)7-13/h3-6,8H,1-2H3,(H,16,17). The molecule has 0 radical (unpaired) electrons. The van der Waals surface area contributed by atoms with Crippen molar-refractivity contribution in [2.24, 2.45) is 5.92 Å². The smallest absolute Gasteiger partial charge is 0.315 e. The normalized spacial score (nSPS) is 11.4. The number of nitriles is 1. The predicted octanol–water partition coefficient (Wildman–Crippen LogP) is 1.24. The van der Waals surface area contributed by atoms with E-state index < -0.39 is 17.8 Å². The van der Waals surface area contributed by atoms with Crippen LogP contribution in [0, 0.1) is 17.2 Å². The third-order valence-corrected chi connectivity index (χ3v) is 2.43. The van der Waals surface area contributed by atoms with E-state index in [9.17, 15) is 9.59 Å². The Balaban J connectivity index is 2.96. The highest BCUT2D eigenvalue weighted by Gasteiger charge is 2.24. The van der Waals surface area contributed by atoms with Crippen molar-refractivity contribution >= 4 is 17.6 Å². The van der Waals surface area contributed by atoms with Crippen LogP contribution in [-0.2, 0) is 9.59 Å². The average Bonchev–Trinajstić information content (AvgIpc) is 2.36. The molecule has 0 aliphatic heterocycles. The number of carboxylic acid groups (broad SMARTS) is 1. The van der Waals surface area contributed by atoms with Gasteiger partial charge in [-0.05, 0) is 25.1 Å². The van der Waals surface area contributed by atoms with Gasteiger partial charge in [-0.3, -0.25) is 9.59 Å². The molecule has 1 amide bonds. The Morgan fingerprint density at radius 3 is 2.65 bits per heavy atom. The topological polar surface area (TPSA) is 81.4 Å². The third kappa shape index (κ3) is 2.82. The molecule has 1 aromatic carbocycles. The molecular formula is C12H12N2O3. The summed E-state index contributed by atoms with van der Waals surface area (Å²) < 4.78 is 0. The van der Waals surface area contributed by atoms with Crippen LogP contribution in [0.5, 0.6) is 0 Å². The van der Waals surface area contributed by atoms with E-state index >= 15 is 0 Å². The summed E-state index contributed by atoms with van der Waals surface area (Å²) in [6, 6.07) is 8.39. The summed E-state index contributed by atoms with van der Waals surface area (Å²) in [6.45, 7) is 1.33. The molecule has 5 nitrogen and oxygen atoms in total. The fourth-order valence-corrected chi connectivity index (χ4v) is 1.31. The number of hydrogen-bond acceptors (Lipinski definition) is 3. The molecule has 17 heavy (non-hydrogen) atoms. The lowest BCUT2D eigenvalue weighted by atomic mass is 10.1. The molecule has 0 spiro atoms. The Morgan fingerprint density at radius 2 is 2.12 bits per heavy atom. The van der Waals surface area contributed by atoms with Crippen molar-refractivity contribution in [3.8, 4) is 6.07 Å². The highest BCUT2D eigenvalue weighted by molar-refractivity contribution is 6.05. The van der Waals surface area contributed by atoms with Gasteiger partial charge in [0.05, 0.1) is 11.6 Å². The molecule has 1 atom stereocenters. The Labute approximate surface area is 98.9 Å². The summed E-state index contributed by atoms with van der Waals surface area (Å²) >= 11 is 0. The van der Waals surface area contributed by atoms with E-state index in [1.165, 1.54) is 24.9 Å². The van der Waals surface area contributed by atoms with Gasteiger partial charge < -0.3 is 10.0 Å². The van der Waals surface area contributed by atoms with Gasteiger partial charge in [-0.2, -0.15) is 5.26 Å².